The number of amides is 1. The van der Waals surface area contributed by atoms with E-state index in [4.69, 9.17) is 43.9 Å². The summed E-state index contributed by atoms with van der Waals surface area (Å²) in [5.74, 6) is -1.85. The van der Waals surface area contributed by atoms with E-state index in [1.54, 1.807) is 13.8 Å². The molecule has 0 unspecified atom stereocenters. The molecule has 17 heavy (non-hydrogen) atoms. The fraction of sp³-hybridized carbons (Fsp3) is 0.875. The molecule has 1 amide bonds. The van der Waals surface area contributed by atoms with E-state index in [1.807, 2.05) is 0 Å². The molecule has 0 radical (unpaired) electrons. The van der Waals surface area contributed by atoms with Gasteiger partial charge in [0.25, 0.3) is 0 Å². The number of alkyl halides is 3. The van der Waals surface area contributed by atoms with E-state index in [0.29, 0.717) is 0 Å². The lowest BCUT2D eigenvalue weighted by Gasteiger charge is -2.31. The molecule has 0 rings (SSSR count). The van der Waals surface area contributed by atoms with Crippen molar-refractivity contribution in [2.24, 2.45) is 0 Å². The fourth-order valence-corrected chi connectivity index (χ4v) is 4.11. The van der Waals surface area contributed by atoms with Gasteiger partial charge in [0.05, 0.1) is 13.2 Å². The average molecular weight is 327 g/mol. The van der Waals surface area contributed by atoms with Crippen molar-refractivity contribution in [3.63, 3.8) is 0 Å². The summed E-state index contributed by atoms with van der Waals surface area (Å²) in [5, 5.41) is 2.28. The molecule has 102 valence electrons. The van der Waals surface area contributed by atoms with Crippen LogP contribution in [0.15, 0.2) is 0 Å². The first-order chi connectivity index (χ1) is 7.67. The number of hydrogen-bond donors (Lipinski definition) is 1. The van der Waals surface area contributed by atoms with Crippen LogP contribution in [0.5, 0.6) is 0 Å². The number of carbonyl (C=O) groups excluding carboxylic acids is 1. The van der Waals surface area contributed by atoms with Crippen molar-refractivity contribution in [3.8, 4) is 0 Å². The molecule has 0 aliphatic heterocycles. The Morgan fingerprint density at radius 3 is 1.94 bits per heavy atom. The second-order valence-corrected chi connectivity index (χ2v) is 7.50. The lowest BCUT2D eigenvalue weighted by molar-refractivity contribution is -0.119. The first-order valence-electron chi connectivity index (χ1n) is 4.90. The number of nitrogens with one attached hydrogen (secondary N) is 1. The van der Waals surface area contributed by atoms with Crippen LogP contribution in [0.3, 0.4) is 0 Å². The maximum atomic E-state index is 12.4. The van der Waals surface area contributed by atoms with Gasteiger partial charge in [-0.15, -0.1) is 0 Å². The molecule has 0 aromatic carbocycles. The van der Waals surface area contributed by atoms with Crippen molar-refractivity contribution in [1.82, 2.24) is 5.32 Å². The van der Waals surface area contributed by atoms with Gasteiger partial charge in [-0.3, -0.25) is 9.36 Å². The highest BCUT2D eigenvalue weighted by molar-refractivity contribution is 7.55. The van der Waals surface area contributed by atoms with Crippen molar-refractivity contribution in [1.29, 1.82) is 0 Å². The monoisotopic (exact) mass is 325 g/mol. The van der Waals surface area contributed by atoms with Crippen LogP contribution in [-0.2, 0) is 18.4 Å². The summed E-state index contributed by atoms with van der Waals surface area (Å²) >= 11 is 17.0. The van der Waals surface area contributed by atoms with Crippen LogP contribution in [0, 0.1) is 0 Å². The number of hydrogen-bond acceptors (Lipinski definition) is 4. The van der Waals surface area contributed by atoms with Crippen molar-refractivity contribution in [2.45, 2.75) is 30.3 Å². The third kappa shape index (κ3) is 5.77. The highest BCUT2D eigenvalue weighted by atomic mass is 35.6. The molecular formula is C8H15Cl3NO4P. The minimum atomic E-state index is -3.73. The highest BCUT2D eigenvalue weighted by Crippen LogP contribution is 2.58. The maximum Gasteiger partial charge on any atom is 0.357 e. The molecule has 0 aliphatic carbocycles. The Labute approximate surface area is 116 Å². The van der Waals surface area contributed by atoms with E-state index in [1.165, 1.54) is 6.92 Å². The van der Waals surface area contributed by atoms with Crippen LogP contribution in [0.25, 0.3) is 0 Å². The molecular weight excluding hydrogens is 311 g/mol. The normalized spacial score (nSPS) is 14.5. The van der Waals surface area contributed by atoms with Crippen LogP contribution < -0.4 is 5.32 Å². The van der Waals surface area contributed by atoms with Gasteiger partial charge in [-0.05, 0) is 13.8 Å². The second kappa shape index (κ2) is 7.17. The van der Waals surface area contributed by atoms with Gasteiger partial charge < -0.3 is 14.4 Å². The van der Waals surface area contributed by atoms with Crippen molar-refractivity contribution in [2.75, 3.05) is 13.2 Å². The summed E-state index contributed by atoms with van der Waals surface area (Å²) in [6, 6.07) is 0. The van der Waals surface area contributed by atoms with E-state index in [9.17, 15) is 9.36 Å². The summed E-state index contributed by atoms with van der Waals surface area (Å²) in [6.07, 6.45) is 0. The van der Waals surface area contributed by atoms with Gasteiger partial charge in [0.15, 0.2) is 5.78 Å². The van der Waals surface area contributed by atoms with Crippen LogP contribution in [-0.4, -0.2) is 28.7 Å². The molecule has 0 spiro atoms. The molecule has 1 N–H and O–H groups in total. The lowest BCUT2D eigenvalue weighted by Crippen LogP contribution is -2.43. The molecule has 0 aromatic rings. The third-order valence-corrected chi connectivity index (χ3v) is 5.08. The zero-order valence-corrected chi connectivity index (χ0v) is 12.9. The minimum absolute atomic E-state index is 0.105. The van der Waals surface area contributed by atoms with Crippen LogP contribution >= 0.6 is 42.4 Å². The molecule has 1 atom stereocenters. The molecule has 0 saturated carbocycles. The van der Waals surface area contributed by atoms with Gasteiger partial charge in [-0.2, -0.15) is 0 Å². The second-order valence-electron chi connectivity index (χ2n) is 3.02. The van der Waals surface area contributed by atoms with Gasteiger partial charge in [-0.25, -0.2) is 0 Å². The third-order valence-electron chi connectivity index (χ3n) is 1.58. The smallest absolute Gasteiger partial charge is 0.339 e. The van der Waals surface area contributed by atoms with E-state index in [0.717, 1.165) is 0 Å². The largest absolute Gasteiger partial charge is 0.357 e. The van der Waals surface area contributed by atoms with Crippen molar-refractivity contribution in [3.05, 3.63) is 0 Å². The highest BCUT2D eigenvalue weighted by Gasteiger charge is 2.49. The number of rotatable bonds is 6. The van der Waals surface area contributed by atoms with E-state index in [-0.39, 0.29) is 13.2 Å². The predicted octanol–water partition coefficient (Wildman–Crippen LogP) is 3.08. The van der Waals surface area contributed by atoms with Crippen LogP contribution in [0.2, 0.25) is 0 Å². The van der Waals surface area contributed by atoms with Crippen LogP contribution in [0.1, 0.15) is 20.8 Å². The van der Waals surface area contributed by atoms with Crippen molar-refractivity contribution >= 4 is 48.3 Å². The molecule has 0 saturated heterocycles. The Balaban J connectivity index is 5.21. The average Bonchev–Trinajstić information content (AvgIpc) is 2.13. The standard InChI is InChI=1S/C8H15Cl3NO4P/c1-4-15-17(14,16-5-2)7(8(9,10)11)12-6(3)13/h7H,4-5H2,1-3H3,(H,12,13)/t7-/m1/s1. The summed E-state index contributed by atoms with van der Waals surface area (Å²) in [4.78, 5) is 11.0. The van der Waals surface area contributed by atoms with E-state index in [2.05, 4.69) is 5.32 Å². The Hall–Kier alpha value is 0.490. The Morgan fingerprint density at radius 2 is 1.71 bits per heavy atom. The first-order valence-corrected chi connectivity index (χ1v) is 7.64. The molecule has 0 aliphatic rings. The molecule has 0 heterocycles. The fourth-order valence-electron chi connectivity index (χ4n) is 1.08. The van der Waals surface area contributed by atoms with E-state index >= 15 is 0 Å². The Bertz CT molecular complexity index is 298. The summed E-state index contributed by atoms with van der Waals surface area (Å²) in [7, 11) is -3.73. The van der Waals surface area contributed by atoms with Gasteiger partial charge in [0.1, 0.15) is 0 Å². The summed E-state index contributed by atoms with van der Waals surface area (Å²) in [5.41, 5.74) is 0. The molecule has 9 heteroatoms. The molecule has 5 nitrogen and oxygen atoms in total. The summed E-state index contributed by atoms with van der Waals surface area (Å²) in [6.45, 7) is 4.66. The maximum absolute atomic E-state index is 12.4. The molecule has 0 aromatic heterocycles. The van der Waals surface area contributed by atoms with E-state index < -0.39 is 23.1 Å². The Kier molecular flexibility index (Phi) is 7.38. The summed E-state index contributed by atoms with van der Waals surface area (Å²) < 4.78 is 20.4. The lowest BCUT2D eigenvalue weighted by atomic mass is 10.6. The number of carbonyl (C=O) groups is 1. The molecule has 0 fully saturated rings. The quantitative estimate of drug-likeness (QED) is 0.602. The zero-order chi connectivity index (χ0) is 13.7. The predicted molar refractivity (Wildman–Crippen MR) is 68.8 cm³/mol. The zero-order valence-electron chi connectivity index (χ0n) is 9.71. The van der Waals surface area contributed by atoms with Gasteiger partial charge in [0.2, 0.25) is 9.70 Å². The van der Waals surface area contributed by atoms with Crippen molar-refractivity contribution < 1.29 is 18.4 Å². The SMILES string of the molecule is CCOP(=O)(OCC)[C@@H](NC(C)=O)C(Cl)(Cl)Cl. The first kappa shape index (κ1) is 17.5. The molecule has 0 bridgehead atoms. The number of halogens is 3. The van der Waals surface area contributed by atoms with Crippen LogP contribution in [0.4, 0.5) is 0 Å². The Morgan fingerprint density at radius 1 is 1.29 bits per heavy atom. The van der Waals surface area contributed by atoms with Gasteiger partial charge >= 0.3 is 7.60 Å². The van der Waals surface area contributed by atoms with Gasteiger partial charge in [-0.1, -0.05) is 34.8 Å². The van der Waals surface area contributed by atoms with Gasteiger partial charge in [0, 0.05) is 6.92 Å². The topological polar surface area (TPSA) is 64.6 Å². The minimum Gasteiger partial charge on any atom is -0.339 e.